The molecule has 0 radical (unpaired) electrons. The lowest BCUT2D eigenvalue weighted by Crippen LogP contribution is -2.33. The molecule has 0 aliphatic carbocycles. The Morgan fingerprint density at radius 2 is 1.90 bits per heavy atom. The maximum Gasteiger partial charge on any atom is 0.336 e. The summed E-state index contributed by atoms with van der Waals surface area (Å²) in [6, 6.07) is 6.69. The normalized spacial score (nSPS) is 20.8. The quantitative estimate of drug-likeness (QED) is 0.389. The number of ether oxygens (including phenoxy) is 3. The lowest BCUT2D eigenvalue weighted by Gasteiger charge is -2.24. The Morgan fingerprint density at radius 1 is 1.13 bits per heavy atom. The van der Waals surface area contributed by atoms with Crippen molar-refractivity contribution in [2.24, 2.45) is 0 Å². The van der Waals surface area contributed by atoms with Crippen LogP contribution in [0.4, 0.5) is 0 Å². The fraction of sp³-hybridized carbons (Fsp3) is 0.458. The van der Waals surface area contributed by atoms with Crippen LogP contribution in [0.1, 0.15) is 47.5 Å². The Morgan fingerprint density at radius 3 is 2.63 bits per heavy atom. The molecule has 0 amide bonds. The number of benzene rings is 1. The van der Waals surface area contributed by atoms with Gasteiger partial charge in [0.1, 0.15) is 23.5 Å². The van der Waals surface area contributed by atoms with Gasteiger partial charge in [-0.1, -0.05) is 5.57 Å². The van der Waals surface area contributed by atoms with Gasteiger partial charge >= 0.3 is 5.63 Å². The zero-order valence-corrected chi connectivity index (χ0v) is 18.1. The maximum absolute atomic E-state index is 11.6. The van der Waals surface area contributed by atoms with Gasteiger partial charge in [-0.3, -0.25) is 0 Å². The molecule has 0 bridgehead atoms. The fourth-order valence-corrected chi connectivity index (χ4v) is 4.11. The second kappa shape index (κ2) is 7.60. The molecule has 6 heteroatoms. The summed E-state index contributed by atoms with van der Waals surface area (Å²) >= 11 is 0. The molecular formula is C24H28O6. The van der Waals surface area contributed by atoms with Crippen LogP contribution in [0.25, 0.3) is 21.9 Å². The number of rotatable bonds is 6. The average molecular weight is 412 g/mol. The van der Waals surface area contributed by atoms with Crippen molar-refractivity contribution < 1.29 is 23.0 Å². The SMILES string of the molecule is CC(=CCOc1c2ccoc2cc2oc(=O)ccc12)CCC1OC(C)(C)OC1(C)C. The van der Waals surface area contributed by atoms with E-state index in [4.69, 9.17) is 23.0 Å². The molecule has 1 fully saturated rings. The predicted molar refractivity (Wildman–Crippen MR) is 115 cm³/mol. The van der Waals surface area contributed by atoms with Gasteiger partial charge in [0.05, 0.1) is 28.7 Å². The topological polar surface area (TPSA) is 71.0 Å². The Labute approximate surface area is 175 Å². The van der Waals surface area contributed by atoms with E-state index in [-0.39, 0.29) is 11.7 Å². The van der Waals surface area contributed by atoms with E-state index in [1.54, 1.807) is 18.4 Å². The smallest absolute Gasteiger partial charge is 0.336 e. The highest BCUT2D eigenvalue weighted by atomic mass is 16.8. The van der Waals surface area contributed by atoms with Gasteiger partial charge in [0.25, 0.3) is 0 Å². The second-order valence-electron chi connectivity index (χ2n) is 8.82. The minimum atomic E-state index is -0.547. The van der Waals surface area contributed by atoms with Gasteiger partial charge in [-0.2, -0.15) is 0 Å². The van der Waals surface area contributed by atoms with Crippen LogP contribution in [0.3, 0.4) is 0 Å². The van der Waals surface area contributed by atoms with Crippen molar-refractivity contribution in [3.63, 3.8) is 0 Å². The Balaban J connectivity index is 1.46. The highest BCUT2D eigenvalue weighted by Crippen LogP contribution is 2.38. The summed E-state index contributed by atoms with van der Waals surface area (Å²) in [4.78, 5) is 11.6. The van der Waals surface area contributed by atoms with Gasteiger partial charge in [0.2, 0.25) is 0 Å². The summed E-state index contributed by atoms with van der Waals surface area (Å²) in [7, 11) is 0. The molecule has 1 aliphatic heterocycles. The zero-order chi connectivity index (χ0) is 21.5. The van der Waals surface area contributed by atoms with Crippen molar-refractivity contribution in [3.05, 3.63) is 52.6 Å². The Bertz CT molecular complexity index is 1150. The van der Waals surface area contributed by atoms with E-state index in [0.717, 1.165) is 23.6 Å². The molecule has 2 aromatic heterocycles. The highest BCUT2D eigenvalue weighted by Gasteiger charge is 2.46. The van der Waals surface area contributed by atoms with Crippen molar-refractivity contribution in [2.45, 2.75) is 65.0 Å². The van der Waals surface area contributed by atoms with Gasteiger partial charge < -0.3 is 23.0 Å². The van der Waals surface area contributed by atoms with Crippen LogP contribution in [-0.4, -0.2) is 24.1 Å². The Hall–Kier alpha value is -2.57. The molecule has 1 aliphatic rings. The van der Waals surface area contributed by atoms with E-state index in [9.17, 15) is 4.79 Å². The molecule has 1 aromatic carbocycles. The fourth-order valence-electron chi connectivity index (χ4n) is 4.11. The van der Waals surface area contributed by atoms with Crippen molar-refractivity contribution in [2.75, 3.05) is 6.61 Å². The van der Waals surface area contributed by atoms with Gasteiger partial charge in [-0.25, -0.2) is 4.79 Å². The van der Waals surface area contributed by atoms with E-state index in [2.05, 4.69) is 26.8 Å². The van der Waals surface area contributed by atoms with Crippen LogP contribution >= 0.6 is 0 Å². The minimum absolute atomic E-state index is 0.0447. The maximum atomic E-state index is 11.6. The van der Waals surface area contributed by atoms with E-state index >= 15 is 0 Å². The van der Waals surface area contributed by atoms with Crippen LogP contribution in [0.5, 0.6) is 5.75 Å². The average Bonchev–Trinajstić information content (AvgIpc) is 3.19. The molecule has 30 heavy (non-hydrogen) atoms. The van der Waals surface area contributed by atoms with E-state index in [1.807, 2.05) is 19.9 Å². The van der Waals surface area contributed by atoms with Gasteiger partial charge in [-0.15, -0.1) is 0 Å². The summed E-state index contributed by atoms with van der Waals surface area (Å²) in [6.45, 7) is 10.5. The molecule has 1 atom stereocenters. The summed E-state index contributed by atoms with van der Waals surface area (Å²) in [5.74, 6) is 0.105. The van der Waals surface area contributed by atoms with Crippen LogP contribution in [-0.2, 0) is 9.47 Å². The molecule has 3 aromatic rings. The summed E-state index contributed by atoms with van der Waals surface area (Å²) in [6.07, 6.45) is 5.48. The van der Waals surface area contributed by atoms with Crippen molar-refractivity contribution >= 4 is 21.9 Å². The predicted octanol–water partition coefficient (Wildman–Crippen LogP) is 5.57. The Kier molecular flexibility index (Phi) is 5.24. The van der Waals surface area contributed by atoms with Crippen molar-refractivity contribution in [3.8, 4) is 5.75 Å². The molecule has 6 nitrogen and oxygen atoms in total. The highest BCUT2D eigenvalue weighted by molar-refractivity contribution is 6.01. The molecule has 1 unspecified atom stereocenters. The molecule has 3 heterocycles. The molecular weight excluding hydrogens is 384 g/mol. The van der Waals surface area contributed by atoms with Gasteiger partial charge in [0.15, 0.2) is 5.79 Å². The monoisotopic (exact) mass is 412 g/mol. The van der Waals surface area contributed by atoms with E-state index < -0.39 is 11.4 Å². The third kappa shape index (κ3) is 4.16. The summed E-state index contributed by atoms with van der Waals surface area (Å²) < 4.78 is 28.9. The van der Waals surface area contributed by atoms with Crippen LogP contribution in [0, 0.1) is 0 Å². The van der Waals surface area contributed by atoms with Crippen molar-refractivity contribution in [1.29, 1.82) is 0 Å². The summed E-state index contributed by atoms with van der Waals surface area (Å²) in [5, 5.41) is 1.60. The zero-order valence-electron chi connectivity index (χ0n) is 18.1. The third-order valence-corrected chi connectivity index (χ3v) is 5.48. The summed E-state index contributed by atoms with van der Waals surface area (Å²) in [5.41, 5.74) is 1.58. The third-order valence-electron chi connectivity index (χ3n) is 5.48. The molecule has 160 valence electrons. The first kappa shape index (κ1) is 20.7. The van der Waals surface area contributed by atoms with E-state index in [1.165, 1.54) is 11.6 Å². The molecule has 0 spiro atoms. The first-order valence-electron chi connectivity index (χ1n) is 10.3. The van der Waals surface area contributed by atoms with Crippen LogP contribution in [0.2, 0.25) is 0 Å². The number of allylic oxidation sites excluding steroid dienone is 1. The standard InChI is InChI=1S/C24H28O6/c1-15(6-8-20-23(2,3)30-24(4,5)29-20)10-12-27-22-16-7-9-21(25)28-19(16)14-18-17(22)11-13-26-18/h7,9-11,13-14,20H,6,8,12H2,1-5H3. The number of furan rings is 1. The number of fused-ring (bicyclic) bond motifs is 2. The molecule has 0 saturated carbocycles. The van der Waals surface area contributed by atoms with E-state index in [0.29, 0.717) is 23.5 Å². The van der Waals surface area contributed by atoms with Crippen molar-refractivity contribution in [1.82, 2.24) is 0 Å². The lowest BCUT2D eigenvalue weighted by atomic mass is 9.96. The first-order chi connectivity index (χ1) is 14.1. The second-order valence-corrected chi connectivity index (χ2v) is 8.82. The largest absolute Gasteiger partial charge is 0.488 e. The van der Waals surface area contributed by atoms with Gasteiger partial charge in [0, 0.05) is 12.1 Å². The molecule has 4 rings (SSSR count). The van der Waals surface area contributed by atoms with Crippen LogP contribution in [0.15, 0.2) is 55.8 Å². The number of hydrogen-bond acceptors (Lipinski definition) is 6. The molecule has 1 saturated heterocycles. The lowest BCUT2D eigenvalue weighted by molar-refractivity contribution is -0.157. The first-order valence-corrected chi connectivity index (χ1v) is 10.3. The minimum Gasteiger partial charge on any atom is -0.488 e. The molecule has 0 N–H and O–H groups in total. The van der Waals surface area contributed by atoms with Gasteiger partial charge in [-0.05, 0) is 65.7 Å². The van der Waals surface area contributed by atoms with Crippen LogP contribution < -0.4 is 10.4 Å². The number of hydrogen-bond donors (Lipinski definition) is 0.